The molecule has 5 rings (SSSR count). The van der Waals surface area contributed by atoms with Crippen molar-refractivity contribution in [2.45, 2.75) is 43.6 Å². The summed E-state index contributed by atoms with van der Waals surface area (Å²) in [5.41, 5.74) is 6.24. The summed E-state index contributed by atoms with van der Waals surface area (Å²) in [7, 11) is 0.664. The number of carbonyl (C=O) groups excluding carboxylic acids is 1. The summed E-state index contributed by atoms with van der Waals surface area (Å²) in [5.74, 6) is 0.526. The number of benzene rings is 2. The normalized spacial score (nSPS) is 15.6. The molecule has 1 aromatic heterocycles. The Morgan fingerprint density at radius 1 is 1.21 bits per heavy atom. The first kappa shape index (κ1) is 22.8. The van der Waals surface area contributed by atoms with Crippen LogP contribution in [0, 0.1) is 0 Å². The van der Waals surface area contributed by atoms with E-state index in [-0.39, 0.29) is 6.03 Å². The van der Waals surface area contributed by atoms with E-state index in [0.717, 1.165) is 52.0 Å². The molecule has 0 saturated carbocycles. The van der Waals surface area contributed by atoms with E-state index in [1.807, 2.05) is 44.2 Å². The summed E-state index contributed by atoms with van der Waals surface area (Å²) < 4.78 is 13.8. The summed E-state index contributed by atoms with van der Waals surface area (Å²) >= 11 is 1.23. The number of aromatic nitrogens is 1. The van der Waals surface area contributed by atoms with E-state index in [1.165, 1.54) is 23.1 Å². The minimum atomic E-state index is -0.925. The highest BCUT2D eigenvalue weighted by molar-refractivity contribution is 7.98. The Balaban J connectivity index is 1.37. The van der Waals surface area contributed by atoms with Gasteiger partial charge in [-0.15, -0.1) is 0 Å². The van der Waals surface area contributed by atoms with Crippen LogP contribution < -0.4 is 20.2 Å². The lowest BCUT2D eigenvalue weighted by Gasteiger charge is -2.20. The highest BCUT2D eigenvalue weighted by Gasteiger charge is 2.40. The molecule has 2 aromatic carbocycles. The Bertz CT molecular complexity index is 1270. The number of carbonyl (C=O) groups is 1. The molecular formula is C25H26BN3O4S. The molecule has 34 heavy (non-hydrogen) atoms. The summed E-state index contributed by atoms with van der Waals surface area (Å²) in [4.78, 5) is 18.0. The molecule has 0 atom stereocenters. The van der Waals surface area contributed by atoms with Crippen LogP contribution in [-0.4, -0.2) is 30.3 Å². The Morgan fingerprint density at radius 2 is 2.06 bits per heavy atom. The molecule has 2 amide bonds. The van der Waals surface area contributed by atoms with Gasteiger partial charge in [0.05, 0.1) is 18.4 Å². The third kappa shape index (κ3) is 4.26. The number of aryl methyl sites for hydroxylation is 1. The van der Waals surface area contributed by atoms with E-state index in [9.17, 15) is 9.82 Å². The van der Waals surface area contributed by atoms with Gasteiger partial charge in [-0.2, -0.15) is 0 Å². The predicted octanol–water partition coefficient (Wildman–Crippen LogP) is 4.03. The Morgan fingerprint density at radius 3 is 2.88 bits per heavy atom. The molecule has 0 bridgehead atoms. The first-order valence-corrected chi connectivity index (χ1v) is 12.1. The summed E-state index contributed by atoms with van der Waals surface area (Å²) in [5, 5.41) is 13.2. The molecule has 3 N–H and O–H groups in total. The molecule has 2 heterocycles. The van der Waals surface area contributed by atoms with Gasteiger partial charge < -0.3 is 19.7 Å². The van der Waals surface area contributed by atoms with Crippen molar-refractivity contribution >= 4 is 36.2 Å². The van der Waals surface area contributed by atoms with Crippen molar-refractivity contribution < 1.29 is 19.2 Å². The SMILES string of the molecule is COc1cc(-c2ccc3c(c2NC(=O)NSc2ccc4c(c2)C(C)(C)OB4O)CCC3)ccn1. The average molecular weight is 475 g/mol. The number of anilines is 1. The van der Waals surface area contributed by atoms with E-state index in [4.69, 9.17) is 9.39 Å². The molecule has 9 heteroatoms. The van der Waals surface area contributed by atoms with Crippen LogP contribution in [0.3, 0.4) is 0 Å². The fraction of sp³-hybridized carbons (Fsp3) is 0.280. The Kier molecular flexibility index (Phi) is 6.01. The minimum absolute atomic E-state index is 0.302. The molecule has 0 fully saturated rings. The van der Waals surface area contributed by atoms with E-state index in [1.54, 1.807) is 13.3 Å². The van der Waals surface area contributed by atoms with E-state index >= 15 is 0 Å². The number of urea groups is 1. The fourth-order valence-electron chi connectivity index (χ4n) is 4.72. The molecule has 174 valence electrons. The van der Waals surface area contributed by atoms with Crippen LogP contribution in [0.15, 0.2) is 53.6 Å². The highest BCUT2D eigenvalue weighted by atomic mass is 32.2. The molecule has 0 spiro atoms. The van der Waals surface area contributed by atoms with Gasteiger partial charge in [-0.1, -0.05) is 18.2 Å². The number of nitrogens with zero attached hydrogens (tertiary/aromatic N) is 1. The summed E-state index contributed by atoms with van der Waals surface area (Å²) in [6.07, 6.45) is 4.72. The maximum Gasteiger partial charge on any atom is 0.492 e. The number of amides is 2. The first-order chi connectivity index (χ1) is 16.4. The third-order valence-electron chi connectivity index (χ3n) is 6.38. The maximum absolute atomic E-state index is 13.0. The van der Waals surface area contributed by atoms with Crippen LogP contribution in [-0.2, 0) is 23.1 Å². The second-order valence-corrected chi connectivity index (χ2v) is 9.83. The zero-order valence-corrected chi connectivity index (χ0v) is 20.2. The second kappa shape index (κ2) is 8.98. The number of hydrogen-bond donors (Lipinski definition) is 3. The van der Waals surface area contributed by atoms with Crippen LogP contribution in [0.4, 0.5) is 10.5 Å². The molecular weight excluding hydrogens is 449 g/mol. The third-order valence-corrected chi connectivity index (χ3v) is 7.16. The smallest absolute Gasteiger partial charge is 0.481 e. The second-order valence-electron chi connectivity index (χ2n) is 8.95. The molecule has 2 aliphatic rings. The van der Waals surface area contributed by atoms with Crippen molar-refractivity contribution in [3.63, 3.8) is 0 Å². The number of pyridine rings is 1. The molecule has 0 unspecified atom stereocenters. The maximum atomic E-state index is 13.0. The zero-order chi connectivity index (χ0) is 23.9. The highest BCUT2D eigenvalue weighted by Crippen LogP contribution is 2.38. The van der Waals surface area contributed by atoms with Gasteiger partial charge >= 0.3 is 13.1 Å². The predicted molar refractivity (Wildman–Crippen MR) is 134 cm³/mol. The van der Waals surface area contributed by atoms with Crippen LogP contribution in [0.1, 0.15) is 37.0 Å². The standard InChI is InChI=1S/C25H26BN3O4S/c1-25(2)20-14-17(8-10-21(20)26(31)33-25)34-29-24(30)28-23-18-6-4-5-15(18)7-9-19(23)16-11-12-27-22(13-16)32-3/h7-14,31H,4-6H2,1-3H3,(H2,28,29,30). The van der Waals surface area contributed by atoms with Crippen LogP contribution in [0.5, 0.6) is 5.88 Å². The number of fused-ring (bicyclic) bond motifs is 2. The van der Waals surface area contributed by atoms with Gasteiger partial charge in [0.1, 0.15) is 0 Å². The molecule has 3 aromatic rings. The number of ether oxygens (including phenoxy) is 1. The van der Waals surface area contributed by atoms with Crippen molar-refractivity contribution in [3.8, 4) is 17.0 Å². The lowest BCUT2D eigenvalue weighted by atomic mass is 9.78. The minimum Gasteiger partial charge on any atom is -0.481 e. The zero-order valence-electron chi connectivity index (χ0n) is 19.3. The largest absolute Gasteiger partial charge is 0.492 e. The van der Waals surface area contributed by atoms with E-state index in [0.29, 0.717) is 5.88 Å². The van der Waals surface area contributed by atoms with Gasteiger partial charge in [-0.05, 0) is 91.0 Å². The lowest BCUT2D eigenvalue weighted by molar-refractivity contribution is 0.101. The van der Waals surface area contributed by atoms with Crippen molar-refractivity contribution in [2.24, 2.45) is 0 Å². The molecule has 1 aliphatic heterocycles. The summed E-state index contributed by atoms with van der Waals surface area (Å²) in [6, 6.07) is 13.3. The van der Waals surface area contributed by atoms with Crippen molar-refractivity contribution in [1.82, 2.24) is 9.71 Å². The molecule has 0 radical (unpaired) electrons. The van der Waals surface area contributed by atoms with Gasteiger partial charge in [0.15, 0.2) is 0 Å². The van der Waals surface area contributed by atoms with E-state index < -0.39 is 12.7 Å². The average Bonchev–Trinajstić information content (AvgIpc) is 3.40. The van der Waals surface area contributed by atoms with Crippen molar-refractivity contribution in [2.75, 3.05) is 12.4 Å². The molecule has 1 aliphatic carbocycles. The van der Waals surface area contributed by atoms with Gasteiger partial charge in [-0.25, -0.2) is 9.78 Å². The van der Waals surface area contributed by atoms with Crippen LogP contribution >= 0.6 is 11.9 Å². The Hall–Kier alpha value is -3.01. The number of hydrogen-bond acceptors (Lipinski definition) is 6. The quantitative estimate of drug-likeness (QED) is 0.381. The number of methoxy groups -OCH3 is 1. The van der Waals surface area contributed by atoms with Gasteiger partial charge in [0, 0.05) is 22.7 Å². The van der Waals surface area contributed by atoms with Gasteiger partial charge in [0.2, 0.25) is 5.88 Å². The molecule has 7 nitrogen and oxygen atoms in total. The summed E-state index contributed by atoms with van der Waals surface area (Å²) in [6.45, 7) is 3.84. The van der Waals surface area contributed by atoms with E-state index in [2.05, 4.69) is 27.2 Å². The molecule has 0 saturated heterocycles. The number of rotatable bonds is 5. The monoisotopic (exact) mass is 475 g/mol. The van der Waals surface area contributed by atoms with Gasteiger partial charge in [-0.3, -0.25) is 4.72 Å². The number of nitrogens with one attached hydrogen (secondary N) is 2. The lowest BCUT2D eigenvalue weighted by Crippen LogP contribution is -2.28. The first-order valence-electron chi connectivity index (χ1n) is 11.2. The Labute approximate surface area is 203 Å². The topological polar surface area (TPSA) is 92.7 Å². The van der Waals surface area contributed by atoms with Crippen LogP contribution in [0.25, 0.3) is 11.1 Å². The van der Waals surface area contributed by atoms with Crippen molar-refractivity contribution in [3.05, 3.63) is 65.4 Å². The van der Waals surface area contributed by atoms with Gasteiger partial charge in [0.25, 0.3) is 0 Å². The fourth-order valence-corrected chi connectivity index (χ4v) is 5.30. The van der Waals surface area contributed by atoms with Crippen LogP contribution in [0.2, 0.25) is 0 Å². The van der Waals surface area contributed by atoms with Crippen molar-refractivity contribution in [1.29, 1.82) is 0 Å².